The molecule has 22 heavy (non-hydrogen) atoms. The number of amides is 1. The van der Waals surface area contributed by atoms with Crippen LogP contribution in [0.3, 0.4) is 0 Å². The first-order valence-corrected chi connectivity index (χ1v) is 8.48. The summed E-state index contributed by atoms with van der Waals surface area (Å²) >= 11 is 0. The molecule has 9 heteroatoms. The van der Waals surface area contributed by atoms with Crippen LogP contribution in [0.25, 0.3) is 0 Å². The zero-order valence-corrected chi connectivity index (χ0v) is 13.6. The van der Waals surface area contributed by atoms with Gasteiger partial charge in [0.1, 0.15) is 5.69 Å². The van der Waals surface area contributed by atoms with E-state index in [0.29, 0.717) is 5.69 Å². The molecular formula is C13H20N4O4S. The number of likely N-dealkylation sites (tertiary alicyclic amines) is 1. The van der Waals surface area contributed by atoms with Crippen LogP contribution in [-0.4, -0.2) is 77.6 Å². The van der Waals surface area contributed by atoms with Crippen LogP contribution < -0.4 is 0 Å². The number of aliphatic hydroxyl groups is 1. The number of carbonyl (C=O) groups is 1. The van der Waals surface area contributed by atoms with Gasteiger partial charge in [0.2, 0.25) is 10.0 Å². The molecule has 1 aromatic heterocycles. The average Bonchev–Trinajstić information content (AvgIpc) is 2.79. The van der Waals surface area contributed by atoms with Gasteiger partial charge in [0.25, 0.3) is 5.91 Å². The van der Waals surface area contributed by atoms with E-state index in [9.17, 15) is 18.3 Å². The second kappa shape index (κ2) is 6.27. The zero-order chi connectivity index (χ0) is 16.5. The van der Waals surface area contributed by atoms with Gasteiger partial charge >= 0.3 is 0 Å². The van der Waals surface area contributed by atoms with Crippen LogP contribution in [0.2, 0.25) is 0 Å². The zero-order valence-electron chi connectivity index (χ0n) is 12.8. The molecule has 1 aliphatic rings. The van der Waals surface area contributed by atoms with Crippen molar-refractivity contribution < 1.29 is 18.3 Å². The number of β-amino-alcohol motifs (C(OH)–C–C–N with tert-alkyl or cyclic N) is 1. The molecule has 0 saturated carbocycles. The topological polar surface area (TPSA) is 104 Å². The predicted octanol–water partition coefficient (Wildman–Crippen LogP) is -0.891. The number of nitrogens with zero attached hydrogens (tertiary/aromatic N) is 4. The highest BCUT2D eigenvalue weighted by Gasteiger charge is 2.37. The molecule has 1 aromatic rings. The Kier molecular flexibility index (Phi) is 4.78. The summed E-state index contributed by atoms with van der Waals surface area (Å²) in [6.45, 7) is 2.05. The molecule has 8 nitrogen and oxygen atoms in total. The van der Waals surface area contributed by atoms with Crippen molar-refractivity contribution in [1.29, 1.82) is 0 Å². The van der Waals surface area contributed by atoms with E-state index in [2.05, 4.69) is 9.97 Å². The number of carbonyl (C=O) groups excluding carboxylic acids is 1. The molecule has 2 rings (SSSR count). The summed E-state index contributed by atoms with van der Waals surface area (Å²) in [7, 11) is -0.535. The molecule has 0 aromatic carbocycles. The number of rotatable bonds is 4. The lowest BCUT2D eigenvalue weighted by atomic mass is 10.1. The number of hydrogen-bond donors (Lipinski definition) is 1. The quantitative estimate of drug-likeness (QED) is 0.769. The van der Waals surface area contributed by atoms with Gasteiger partial charge < -0.3 is 10.0 Å². The predicted molar refractivity (Wildman–Crippen MR) is 79.6 cm³/mol. The van der Waals surface area contributed by atoms with Gasteiger partial charge in [0.05, 0.1) is 23.7 Å². The second-order valence-electron chi connectivity index (χ2n) is 5.64. The van der Waals surface area contributed by atoms with Crippen LogP contribution in [0.1, 0.15) is 16.2 Å². The van der Waals surface area contributed by atoms with E-state index in [-0.39, 0.29) is 30.4 Å². The van der Waals surface area contributed by atoms with Crippen LogP contribution in [-0.2, 0) is 10.0 Å². The summed E-state index contributed by atoms with van der Waals surface area (Å²) in [5, 5.41) is 10.0. The monoisotopic (exact) mass is 328 g/mol. The molecule has 0 aliphatic carbocycles. The first-order valence-electron chi connectivity index (χ1n) is 6.87. The van der Waals surface area contributed by atoms with Gasteiger partial charge in [-0.3, -0.25) is 9.78 Å². The van der Waals surface area contributed by atoms with Gasteiger partial charge in [-0.25, -0.2) is 17.7 Å². The number of aryl methyl sites for hydroxylation is 1. The van der Waals surface area contributed by atoms with Crippen molar-refractivity contribution in [2.75, 3.05) is 32.9 Å². The molecule has 1 amide bonds. The molecule has 2 atom stereocenters. The highest BCUT2D eigenvalue weighted by atomic mass is 32.2. The highest BCUT2D eigenvalue weighted by Crippen LogP contribution is 2.21. The second-order valence-corrected chi connectivity index (χ2v) is 7.87. The Labute approximate surface area is 129 Å². The smallest absolute Gasteiger partial charge is 0.274 e. The van der Waals surface area contributed by atoms with Crippen molar-refractivity contribution in [3.05, 3.63) is 23.8 Å². The summed E-state index contributed by atoms with van der Waals surface area (Å²) in [4.78, 5) is 21.7. The SMILES string of the molecule is Cc1cnc(C(=O)N2C[C@@H](CS(=O)(=O)N(C)C)[C@H](O)C2)cn1. The van der Waals surface area contributed by atoms with E-state index in [4.69, 9.17) is 0 Å². The molecule has 0 radical (unpaired) electrons. The molecule has 1 N–H and O–H groups in total. The van der Waals surface area contributed by atoms with E-state index in [1.54, 1.807) is 6.92 Å². The van der Waals surface area contributed by atoms with Crippen molar-refractivity contribution in [1.82, 2.24) is 19.2 Å². The lowest BCUT2D eigenvalue weighted by Crippen LogP contribution is -2.33. The first kappa shape index (κ1) is 16.8. The van der Waals surface area contributed by atoms with Crippen molar-refractivity contribution in [2.24, 2.45) is 5.92 Å². The number of hydrogen-bond acceptors (Lipinski definition) is 6. The standard InChI is InChI=1S/C13H20N4O4S/c1-9-4-15-11(5-14-9)13(19)17-6-10(12(18)7-17)8-22(20,21)16(2)3/h4-5,10,12,18H,6-8H2,1-3H3/t10-,12+/m0/s1. The van der Waals surface area contributed by atoms with Crippen molar-refractivity contribution in [2.45, 2.75) is 13.0 Å². The minimum absolute atomic E-state index is 0.0992. The average molecular weight is 328 g/mol. The maximum Gasteiger partial charge on any atom is 0.274 e. The summed E-state index contributed by atoms with van der Waals surface area (Å²) in [5.41, 5.74) is 0.891. The maximum atomic E-state index is 12.3. The summed E-state index contributed by atoms with van der Waals surface area (Å²) in [6, 6.07) is 0. The summed E-state index contributed by atoms with van der Waals surface area (Å²) < 4.78 is 24.9. The van der Waals surface area contributed by atoms with E-state index in [0.717, 1.165) is 4.31 Å². The van der Waals surface area contributed by atoms with Gasteiger partial charge in [-0.1, -0.05) is 0 Å². The van der Waals surface area contributed by atoms with Gasteiger partial charge in [-0.15, -0.1) is 0 Å². The number of sulfonamides is 1. The van der Waals surface area contributed by atoms with E-state index < -0.39 is 22.0 Å². The van der Waals surface area contributed by atoms with Crippen LogP contribution in [0.5, 0.6) is 0 Å². The van der Waals surface area contributed by atoms with Crippen molar-refractivity contribution in [3.63, 3.8) is 0 Å². The maximum absolute atomic E-state index is 12.3. The fourth-order valence-electron chi connectivity index (χ4n) is 2.27. The third-order valence-corrected chi connectivity index (χ3v) is 5.64. The van der Waals surface area contributed by atoms with Gasteiger partial charge in [0, 0.05) is 39.3 Å². The molecule has 0 spiro atoms. The third kappa shape index (κ3) is 3.60. The Hall–Kier alpha value is -1.58. The van der Waals surface area contributed by atoms with Crippen LogP contribution in [0.15, 0.2) is 12.4 Å². The van der Waals surface area contributed by atoms with Crippen LogP contribution >= 0.6 is 0 Å². The van der Waals surface area contributed by atoms with E-state index >= 15 is 0 Å². The van der Waals surface area contributed by atoms with Gasteiger partial charge in [-0.05, 0) is 6.92 Å². The fourth-order valence-corrected chi connectivity index (χ4v) is 3.44. The Balaban J connectivity index is 2.07. The normalized spacial score (nSPS) is 22.3. The largest absolute Gasteiger partial charge is 0.391 e. The van der Waals surface area contributed by atoms with Crippen molar-refractivity contribution in [3.8, 4) is 0 Å². The molecule has 2 heterocycles. The molecule has 0 unspecified atom stereocenters. The first-order chi connectivity index (χ1) is 10.2. The Bertz CT molecular complexity index is 645. The van der Waals surface area contributed by atoms with Gasteiger partial charge in [0.15, 0.2) is 0 Å². The molecule has 1 aliphatic heterocycles. The Morgan fingerprint density at radius 2 is 2.05 bits per heavy atom. The molecule has 1 fully saturated rings. The molecule has 122 valence electrons. The Morgan fingerprint density at radius 1 is 1.36 bits per heavy atom. The van der Waals surface area contributed by atoms with Crippen LogP contribution in [0, 0.1) is 12.8 Å². The Morgan fingerprint density at radius 3 is 2.59 bits per heavy atom. The lowest BCUT2D eigenvalue weighted by Gasteiger charge is -2.17. The van der Waals surface area contributed by atoms with Crippen LogP contribution in [0.4, 0.5) is 0 Å². The molecule has 0 bridgehead atoms. The molecule has 1 saturated heterocycles. The number of aliphatic hydroxyl groups excluding tert-OH is 1. The third-order valence-electron chi connectivity index (χ3n) is 3.67. The minimum atomic E-state index is -3.43. The number of aromatic nitrogens is 2. The van der Waals surface area contributed by atoms with E-state index in [1.807, 2.05) is 0 Å². The highest BCUT2D eigenvalue weighted by molar-refractivity contribution is 7.89. The molecular weight excluding hydrogens is 308 g/mol. The summed E-state index contributed by atoms with van der Waals surface area (Å²) in [5.74, 6) is -1.05. The van der Waals surface area contributed by atoms with E-state index in [1.165, 1.54) is 31.4 Å². The minimum Gasteiger partial charge on any atom is -0.391 e. The fraction of sp³-hybridized carbons (Fsp3) is 0.615. The summed E-state index contributed by atoms with van der Waals surface area (Å²) in [6.07, 6.45) is 2.01. The van der Waals surface area contributed by atoms with Crippen molar-refractivity contribution >= 4 is 15.9 Å². The van der Waals surface area contributed by atoms with Gasteiger partial charge in [-0.2, -0.15) is 0 Å². The lowest BCUT2D eigenvalue weighted by molar-refractivity contribution is 0.0758.